The second-order valence-corrected chi connectivity index (χ2v) is 9.90. The maximum atomic E-state index is 13.3. The van der Waals surface area contributed by atoms with Crippen molar-refractivity contribution in [3.63, 3.8) is 0 Å². The van der Waals surface area contributed by atoms with Gasteiger partial charge in [-0.15, -0.1) is 23.2 Å². The van der Waals surface area contributed by atoms with E-state index in [2.05, 4.69) is 10.6 Å². The number of hydrogen-bond acceptors (Lipinski definition) is 3. The predicted molar refractivity (Wildman–Crippen MR) is 131 cm³/mol. The van der Waals surface area contributed by atoms with Crippen LogP contribution in [0.2, 0.25) is 5.02 Å². The van der Waals surface area contributed by atoms with Crippen molar-refractivity contribution < 1.29 is 14.0 Å². The topological polar surface area (TPSA) is 82.0 Å². The molecule has 2 amide bonds. The van der Waals surface area contributed by atoms with Crippen molar-refractivity contribution in [1.29, 1.82) is 5.26 Å². The van der Waals surface area contributed by atoms with Crippen LogP contribution < -0.4 is 10.6 Å². The van der Waals surface area contributed by atoms with E-state index in [0.717, 1.165) is 23.3 Å². The van der Waals surface area contributed by atoms with Crippen LogP contribution in [0.5, 0.6) is 0 Å². The standard InChI is InChI=1S/C25H17Cl3FN3O2/c1-13-7-15(9-17(26)8-13)21-22(25(21,27)28)24(34)31-19-4-2-3-14(11-19)23(33)32-20-6-5-18(29)10-16(20)12-30/h2-11,21-22H,1H3,(H,31,34)(H,32,33). The molecule has 1 aliphatic carbocycles. The zero-order valence-electron chi connectivity index (χ0n) is 17.7. The van der Waals surface area contributed by atoms with Gasteiger partial charge in [0.15, 0.2) is 0 Å². The fraction of sp³-hybridized carbons (Fsp3) is 0.160. The summed E-state index contributed by atoms with van der Waals surface area (Å²) in [7, 11) is 0. The largest absolute Gasteiger partial charge is 0.326 e. The Labute approximate surface area is 210 Å². The zero-order chi connectivity index (χ0) is 24.6. The van der Waals surface area contributed by atoms with E-state index in [-0.39, 0.29) is 16.8 Å². The minimum absolute atomic E-state index is 0.00519. The lowest BCUT2D eigenvalue weighted by Gasteiger charge is -2.10. The molecule has 2 atom stereocenters. The third-order valence-corrected chi connectivity index (χ3v) is 6.66. The summed E-state index contributed by atoms with van der Waals surface area (Å²) in [6, 6.07) is 17.0. The number of rotatable bonds is 5. The summed E-state index contributed by atoms with van der Waals surface area (Å²) >= 11 is 19.0. The SMILES string of the molecule is Cc1cc(Cl)cc(C2C(C(=O)Nc3cccc(C(=O)Nc4ccc(F)cc4C#N)c3)C2(Cl)Cl)c1. The van der Waals surface area contributed by atoms with Crippen molar-refractivity contribution in [2.75, 3.05) is 10.6 Å². The molecule has 2 N–H and O–H groups in total. The first kappa shape index (κ1) is 24.0. The lowest BCUT2D eigenvalue weighted by atomic mass is 10.1. The summed E-state index contributed by atoms with van der Waals surface area (Å²) in [5.74, 6) is -2.64. The quantitative estimate of drug-likeness (QED) is 0.383. The van der Waals surface area contributed by atoms with Gasteiger partial charge in [0.25, 0.3) is 5.91 Å². The Bertz CT molecular complexity index is 1330. The minimum atomic E-state index is -1.29. The molecule has 0 saturated heterocycles. The van der Waals surface area contributed by atoms with Crippen molar-refractivity contribution in [2.45, 2.75) is 17.2 Å². The van der Waals surface area contributed by atoms with E-state index >= 15 is 0 Å². The summed E-state index contributed by atoms with van der Waals surface area (Å²) < 4.78 is 12.1. The Morgan fingerprint density at radius 2 is 1.82 bits per heavy atom. The number of carbonyl (C=O) groups is 2. The molecule has 0 aliphatic heterocycles. The molecule has 0 radical (unpaired) electrons. The maximum Gasteiger partial charge on any atom is 0.255 e. The molecule has 0 heterocycles. The molecule has 1 saturated carbocycles. The number of nitrogens with zero attached hydrogens (tertiary/aromatic N) is 1. The summed E-state index contributed by atoms with van der Waals surface area (Å²) in [6.07, 6.45) is 0. The van der Waals surface area contributed by atoms with Crippen LogP contribution in [0.25, 0.3) is 0 Å². The van der Waals surface area contributed by atoms with Crippen molar-refractivity contribution in [3.8, 4) is 6.07 Å². The Morgan fingerprint density at radius 1 is 1.06 bits per heavy atom. The second kappa shape index (κ2) is 9.27. The van der Waals surface area contributed by atoms with E-state index < -0.39 is 33.8 Å². The van der Waals surface area contributed by atoms with Gasteiger partial charge in [0.2, 0.25) is 5.91 Å². The van der Waals surface area contributed by atoms with Crippen LogP contribution in [-0.2, 0) is 4.79 Å². The van der Waals surface area contributed by atoms with Gasteiger partial charge in [-0.2, -0.15) is 5.26 Å². The Balaban J connectivity index is 1.49. The number of alkyl halides is 2. The fourth-order valence-electron chi connectivity index (χ4n) is 3.88. The molecule has 5 nitrogen and oxygen atoms in total. The van der Waals surface area contributed by atoms with Crippen molar-refractivity contribution in [3.05, 3.63) is 93.8 Å². The number of carbonyl (C=O) groups excluding carboxylic acids is 2. The molecular weight excluding hydrogens is 500 g/mol. The summed E-state index contributed by atoms with van der Waals surface area (Å²) in [5, 5.41) is 15.0. The summed E-state index contributed by atoms with van der Waals surface area (Å²) in [5.41, 5.74) is 2.47. The van der Waals surface area contributed by atoms with Gasteiger partial charge in [0, 0.05) is 22.2 Å². The van der Waals surface area contributed by atoms with Gasteiger partial charge in [-0.3, -0.25) is 9.59 Å². The van der Waals surface area contributed by atoms with Crippen molar-refractivity contribution in [1.82, 2.24) is 0 Å². The second-order valence-electron chi connectivity index (χ2n) is 8.02. The lowest BCUT2D eigenvalue weighted by Crippen LogP contribution is -2.18. The van der Waals surface area contributed by atoms with Crippen LogP contribution in [0, 0.1) is 30.0 Å². The average Bonchev–Trinajstić information content (AvgIpc) is 3.36. The van der Waals surface area contributed by atoms with E-state index in [1.807, 2.05) is 19.1 Å². The van der Waals surface area contributed by atoms with Crippen LogP contribution in [0.4, 0.5) is 15.8 Å². The first-order valence-electron chi connectivity index (χ1n) is 10.2. The first-order valence-corrected chi connectivity index (χ1v) is 11.3. The molecule has 9 heteroatoms. The fourth-order valence-corrected chi connectivity index (χ4v) is 5.01. The number of halogens is 4. The van der Waals surface area contributed by atoms with E-state index in [1.54, 1.807) is 30.3 Å². The highest BCUT2D eigenvalue weighted by molar-refractivity contribution is 6.53. The van der Waals surface area contributed by atoms with Gasteiger partial charge < -0.3 is 10.6 Å². The highest BCUT2D eigenvalue weighted by Crippen LogP contribution is 2.65. The molecule has 0 bridgehead atoms. The number of benzene rings is 3. The Hall–Kier alpha value is -3.11. The van der Waals surface area contributed by atoms with Crippen LogP contribution in [0.15, 0.2) is 60.7 Å². The van der Waals surface area contributed by atoms with Crippen LogP contribution in [0.1, 0.15) is 33.0 Å². The van der Waals surface area contributed by atoms with Crippen LogP contribution in [-0.4, -0.2) is 16.1 Å². The van der Waals surface area contributed by atoms with E-state index in [1.165, 1.54) is 12.1 Å². The van der Waals surface area contributed by atoms with Gasteiger partial charge in [0.1, 0.15) is 16.2 Å². The maximum absolute atomic E-state index is 13.3. The van der Waals surface area contributed by atoms with Gasteiger partial charge in [0.05, 0.1) is 17.2 Å². The van der Waals surface area contributed by atoms with E-state index in [4.69, 9.17) is 40.1 Å². The van der Waals surface area contributed by atoms with Crippen LogP contribution in [0.3, 0.4) is 0 Å². The Morgan fingerprint density at radius 3 is 2.53 bits per heavy atom. The van der Waals surface area contributed by atoms with E-state index in [0.29, 0.717) is 10.7 Å². The number of nitriles is 1. The minimum Gasteiger partial charge on any atom is -0.326 e. The summed E-state index contributed by atoms with van der Waals surface area (Å²) in [6.45, 7) is 1.89. The molecule has 1 fully saturated rings. The average molecular weight is 517 g/mol. The van der Waals surface area contributed by atoms with Gasteiger partial charge in [-0.1, -0.05) is 23.7 Å². The van der Waals surface area contributed by atoms with Gasteiger partial charge in [-0.25, -0.2) is 4.39 Å². The number of nitrogens with one attached hydrogen (secondary N) is 2. The number of hydrogen-bond donors (Lipinski definition) is 2. The highest BCUT2D eigenvalue weighted by Gasteiger charge is 2.67. The lowest BCUT2D eigenvalue weighted by molar-refractivity contribution is -0.117. The number of aryl methyl sites for hydroxylation is 1. The molecule has 3 aromatic carbocycles. The molecule has 0 spiro atoms. The highest BCUT2D eigenvalue weighted by atomic mass is 35.5. The molecule has 0 aromatic heterocycles. The Kier molecular flexibility index (Phi) is 6.55. The van der Waals surface area contributed by atoms with Gasteiger partial charge in [-0.05, 0) is 66.6 Å². The third kappa shape index (κ3) is 4.88. The predicted octanol–water partition coefficient (Wildman–Crippen LogP) is 6.44. The molecule has 2 unspecified atom stereocenters. The molecular formula is C25H17Cl3FN3O2. The molecule has 34 heavy (non-hydrogen) atoms. The van der Waals surface area contributed by atoms with Crippen molar-refractivity contribution in [2.24, 2.45) is 5.92 Å². The number of amides is 2. The first-order chi connectivity index (χ1) is 16.1. The molecule has 4 rings (SSSR count). The number of anilines is 2. The zero-order valence-corrected chi connectivity index (χ0v) is 20.0. The molecule has 172 valence electrons. The smallest absolute Gasteiger partial charge is 0.255 e. The van der Waals surface area contributed by atoms with Crippen LogP contribution >= 0.6 is 34.8 Å². The molecule has 3 aromatic rings. The monoisotopic (exact) mass is 515 g/mol. The summed E-state index contributed by atoms with van der Waals surface area (Å²) in [4.78, 5) is 25.6. The normalized spacial score (nSPS) is 18.0. The van der Waals surface area contributed by atoms with Gasteiger partial charge >= 0.3 is 0 Å². The molecule has 1 aliphatic rings. The third-order valence-electron chi connectivity index (χ3n) is 5.50. The van der Waals surface area contributed by atoms with Crippen molar-refractivity contribution >= 4 is 58.0 Å². The van der Waals surface area contributed by atoms with E-state index in [9.17, 15) is 14.0 Å².